The lowest BCUT2D eigenvalue weighted by atomic mass is 10.0. The van der Waals surface area contributed by atoms with Crippen LogP contribution in [0.5, 0.6) is 0 Å². The second-order valence-electron chi connectivity index (χ2n) is 7.49. The Hall–Kier alpha value is -2.99. The van der Waals surface area contributed by atoms with Gasteiger partial charge in [0.2, 0.25) is 5.95 Å². The van der Waals surface area contributed by atoms with E-state index in [1.807, 2.05) is 18.2 Å². The molecule has 2 N–H and O–H groups in total. The number of nitrogens with zero attached hydrogens (tertiary/aromatic N) is 4. The Balaban J connectivity index is 1.59. The number of halogens is 1. The zero-order chi connectivity index (χ0) is 20.4. The van der Waals surface area contributed by atoms with Crippen molar-refractivity contribution in [3.8, 4) is 11.3 Å². The molecule has 5 nitrogen and oxygen atoms in total. The maximum Gasteiger partial charge on any atom is 0.226 e. The van der Waals surface area contributed by atoms with Crippen LogP contribution < -0.4 is 15.5 Å². The summed E-state index contributed by atoms with van der Waals surface area (Å²) < 4.78 is 14.1. The number of aryl methyl sites for hydroxylation is 2. The fraction of sp³-hybridized carbons (Fsp3) is 0.304. The molecule has 0 unspecified atom stereocenters. The fourth-order valence-corrected chi connectivity index (χ4v) is 3.73. The van der Waals surface area contributed by atoms with Gasteiger partial charge < -0.3 is 15.5 Å². The highest BCUT2D eigenvalue weighted by Gasteiger charge is 2.22. The molecule has 1 saturated heterocycles. The molecule has 6 heteroatoms. The van der Waals surface area contributed by atoms with E-state index in [9.17, 15) is 4.39 Å². The van der Waals surface area contributed by atoms with Gasteiger partial charge in [-0.25, -0.2) is 14.4 Å². The minimum atomic E-state index is -0.181. The standard InChI is InChI=1S/C23H26FN5/c1-16-7-8-17(2)19(13-16)21-14-18(15-25)26-23(27-21)29-11-9-28(10-12-29)22-6-4-3-5-20(22)24/h3-8,13-14H,9-12,15,25H2,1-2H3. The minimum absolute atomic E-state index is 0.181. The van der Waals surface area contributed by atoms with Gasteiger partial charge in [0.1, 0.15) is 5.82 Å². The van der Waals surface area contributed by atoms with Crippen LogP contribution >= 0.6 is 0 Å². The highest BCUT2D eigenvalue weighted by Crippen LogP contribution is 2.26. The Morgan fingerprint density at radius 3 is 2.38 bits per heavy atom. The summed E-state index contributed by atoms with van der Waals surface area (Å²) >= 11 is 0. The Morgan fingerprint density at radius 2 is 1.66 bits per heavy atom. The van der Waals surface area contributed by atoms with Crippen molar-refractivity contribution in [3.63, 3.8) is 0 Å². The minimum Gasteiger partial charge on any atom is -0.366 e. The van der Waals surface area contributed by atoms with Crippen LogP contribution in [0.4, 0.5) is 16.0 Å². The van der Waals surface area contributed by atoms with Gasteiger partial charge in [-0.15, -0.1) is 0 Å². The number of para-hydroxylation sites is 1. The second kappa shape index (κ2) is 8.17. The summed E-state index contributed by atoms with van der Waals surface area (Å²) in [6.45, 7) is 7.43. The number of piperazine rings is 1. The SMILES string of the molecule is Cc1ccc(C)c(-c2cc(CN)nc(N3CCN(c4ccccc4F)CC3)n2)c1. The smallest absolute Gasteiger partial charge is 0.226 e. The van der Waals surface area contributed by atoms with Crippen LogP contribution in [0, 0.1) is 19.7 Å². The molecule has 2 aromatic carbocycles. The van der Waals surface area contributed by atoms with E-state index >= 15 is 0 Å². The molecular formula is C23H26FN5. The lowest BCUT2D eigenvalue weighted by Gasteiger charge is -2.36. The number of anilines is 2. The third-order valence-corrected chi connectivity index (χ3v) is 5.40. The molecule has 0 saturated carbocycles. The van der Waals surface area contributed by atoms with Gasteiger partial charge in [0, 0.05) is 38.3 Å². The fourth-order valence-electron chi connectivity index (χ4n) is 3.73. The molecule has 0 aliphatic carbocycles. The summed E-state index contributed by atoms with van der Waals surface area (Å²) in [4.78, 5) is 13.8. The zero-order valence-electron chi connectivity index (χ0n) is 16.9. The molecule has 1 aliphatic heterocycles. The summed E-state index contributed by atoms with van der Waals surface area (Å²) in [5.41, 5.74) is 11.8. The van der Waals surface area contributed by atoms with Crippen molar-refractivity contribution < 1.29 is 4.39 Å². The topological polar surface area (TPSA) is 58.3 Å². The predicted molar refractivity (Wildman–Crippen MR) is 116 cm³/mol. The molecule has 0 atom stereocenters. The monoisotopic (exact) mass is 391 g/mol. The van der Waals surface area contributed by atoms with Gasteiger partial charge in [-0.2, -0.15) is 0 Å². The number of hydrogen-bond acceptors (Lipinski definition) is 5. The van der Waals surface area contributed by atoms with Crippen LogP contribution in [0.2, 0.25) is 0 Å². The molecule has 0 radical (unpaired) electrons. The van der Waals surface area contributed by atoms with Crippen molar-refractivity contribution in [2.75, 3.05) is 36.0 Å². The highest BCUT2D eigenvalue weighted by molar-refractivity contribution is 5.66. The van der Waals surface area contributed by atoms with Crippen molar-refractivity contribution in [2.24, 2.45) is 5.73 Å². The molecule has 1 aliphatic rings. The highest BCUT2D eigenvalue weighted by atomic mass is 19.1. The van der Waals surface area contributed by atoms with Crippen molar-refractivity contribution in [3.05, 3.63) is 71.2 Å². The third-order valence-electron chi connectivity index (χ3n) is 5.40. The molecule has 150 valence electrons. The molecule has 3 aromatic rings. The molecule has 2 heterocycles. The van der Waals surface area contributed by atoms with Crippen LogP contribution in [-0.4, -0.2) is 36.1 Å². The number of nitrogens with two attached hydrogens (primary N) is 1. The Kier molecular flexibility index (Phi) is 5.45. The molecule has 1 fully saturated rings. The van der Waals surface area contributed by atoms with Crippen LogP contribution in [0.15, 0.2) is 48.5 Å². The number of aromatic nitrogens is 2. The first-order valence-electron chi connectivity index (χ1n) is 9.95. The van der Waals surface area contributed by atoms with Crippen LogP contribution in [0.1, 0.15) is 16.8 Å². The lowest BCUT2D eigenvalue weighted by Crippen LogP contribution is -2.47. The van der Waals surface area contributed by atoms with Crippen molar-refractivity contribution in [2.45, 2.75) is 20.4 Å². The van der Waals surface area contributed by atoms with Crippen LogP contribution in [0.25, 0.3) is 11.3 Å². The molecule has 4 rings (SSSR count). The van der Waals surface area contributed by atoms with Crippen LogP contribution in [-0.2, 0) is 6.54 Å². The lowest BCUT2D eigenvalue weighted by molar-refractivity contribution is 0.593. The molecule has 0 bridgehead atoms. The third kappa shape index (κ3) is 4.07. The van der Waals surface area contributed by atoms with Gasteiger partial charge in [0.15, 0.2) is 0 Å². The van der Waals surface area contributed by atoms with Crippen molar-refractivity contribution >= 4 is 11.6 Å². The summed E-state index contributed by atoms with van der Waals surface area (Å²) in [6.07, 6.45) is 0. The van der Waals surface area contributed by atoms with E-state index in [1.54, 1.807) is 6.07 Å². The van der Waals surface area contributed by atoms with E-state index in [0.29, 0.717) is 18.2 Å². The first-order valence-corrected chi connectivity index (χ1v) is 9.95. The molecule has 29 heavy (non-hydrogen) atoms. The van der Waals surface area contributed by atoms with Crippen molar-refractivity contribution in [1.29, 1.82) is 0 Å². The number of benzene rings is 2. The van der Waals surface area contributed by atoms with Gasteiger partial charge >= 0.3 is 0 Å². The Labute approximate surface area is 171 Å². The largest absolute Gasteiger partial charge is 0.366 e. The molecular weight excluding hydrogens is 365 g/mol. The first kappa shape index (κ1) is 19.3. The van der Waals surface area contributed by atoms with Crippen LogP contribution in [0.3, 0.4) is 0 Å². The van der Waals surface area contributed by atoms with E-state index in [0.717, 1.165) is 43.1 Å². The van der Waals surface area contributed by atoms with E-state index < -0.39 is 0 Å². The maximum atomic E-state index is 14.1. The molecule has 0 amide bonds. The number of hydrogen-bond donors (Lipinski definition) is 1. The van der Waals surface area contributed by atoms with E-state index in [2.05, 4.69) is 46.8 Å². The maximum absolute atomic E-state index is 14.1. The van der Waals surface area contributed by atoms with Gasteiger partial charge in [0.05, 0.1) is 17.1 Å². The quantitative estimate of drug-likeness (QED) is 0.735. The first-order chi connectivity index (χ1) is 14.0. The summed E-state index contributed by atoms with van der Waals surface area (Å²) in [7, 11) is 0. The predicted octanol–water partition coefficient (Wildman–Crippen LogP) is 3.68. The summed E-state index contributed by atoms with van der Waals surface area (Å²) in [6, 6.07) is 15.3. The molecule has 0 spiro atoms. The van der Waals surface area contributed by atoms with Gasteiger partial charge in [-0.3, -0.25) is 0 Å². The zero-order valence-corrected chi connectivity index (χ0v) is 16.9. The Morgan fingerprint density at radius 1 is 0.931 bits per heavy atom. The van der Waals surface area contributed by atoms with Gasteiger partial charge in [-0.05, 0) is 43.7 Å². The van der Waals surface area contributed by atoms with E-state index in [-0.39, 0.29) is 5.82 Å². The average molecular weight is 391 g/mol. The normalized spacial score (nSPS) is 14.3. The molecule has 1 aromatic heterocycles. The van der Waals surface area contributed by atoms with Gasteiger partial charge in [-0.1, -0.05) is 29.8 Å². The van der Waals surface area contributed by atoms with Crippen molar-refractivity contribution in [1.82, 2.24) is 9.97 Å². The van der Waals surface area contributed by atoms with E-state index in [4.69, 9.17) is 10.7 Å². The average Bonchev–Trinajstić information content (AvgIpc) is 2.75. The van der Waals surface area contributed by atoms with Gasteiger partial charge in [0.25, 0.3) is 0 Å². The second-order valence-corrected chi connectivity index (χ2v) is 7.49. The summed E-state index contributed by atoms with van der Waals surface area (Å²) in [5.74, 6) is 0.511. The Bertz CT molecular complexity index is 1010. The summed E-state index contributed by atoms with van der Waals surface area (Å²) in [5, 5.41) is 0. The van der Waals surface area contributed by atoms with E-state index in [1.165, 1.54) is 17.2 Å². The number of rotatable bonds is 4.